The van der Waals surface area contributed by atoms with Crippen LogP contribution in [0.4, 0.5) is 17.7 Å². The molecule has 3 aliphatic heterocycles. The summed E-state index contributed by atoms with van der Waals surface area (Å²) in [5, 5.41) is 33.4. The van der Waals surface area contributed by atoms with Gasteiger partial charge < -0.3 is 80.3 Å². The number of aromatic amines is 2. The molecule has 16 atom stereocenters. The van der Waals surface area contributed by atoms with Gasteiger partial charge in [-0.05, 0) is 11.8 Å². The van der Waals surface area contributed by atoms with Gasteiger partial charge in [0.25, 0.3) is 17.1 Å². The quantitative estimate of drug-likeness (QED) is 0.0259. The molecule has 0 bridgehead atoms. The van der Waals surface area contributed by atoms with Gasteiger partial charge >= 0.3 is 29.1 Å². The minimum atomic E-state index is -6.15. The van der Waals surface area contributed by atoms with Gasteiger partial charge in [0.05, 0.1) is 64.0 Å². The Hall–Kier alpha value is -4.69. The van der Waals surface area contributed by atoms with Crippen molar-refractivity contribution in [2.45, 2.75) is 67.1 Å². The van der Waals surface area contributed by atoms with E-state index in [9.17, 15) is 58.2 Å². The number of hydrogen-bond donors (Lipinski definition) is 12. The van der Waals surface area contributed by atoms with Gasteiger partial charge in [-0.15, -0.1) is 0 Å². The highest BCUT2D eigenvalue weighted by atomic mass is 32.5. The van der Waals surface area contributed by atoms with Gasteiger partial charge in [-0.1, -0.05) is 4.98 Å². The Labute approximate surface area is 428 Å². The first-order valence-electron chi connectivity index (χ1n) is 21.8. The first kappa shape index (κ1) is 56.0. The van der Waals surface area contributed by atoms with Gasteiger partial charge in [0, 0.05) is 20.1 Å². The van der Waals surface area contributed by atoms with Crippen LogP contribution < -0.4 is 32.9 Å². The Morgan fingerprint density at radius 2 is 1.33 bits per heavy atom. The lowest BCUT2D eigenvalue weighted by molar-refractivity contribution is -0.745. The lowest BCUT2D eigenvalue weighted by Gasteiger charge is -2.31. The van der Waals surface area contributed by atoms with Crippen LogP contribution in [-0.2, 0) is 78.4 Å². The highest BCUT2D eigenvalue weighted by molar-refractivity contribution is 8.09. The number of hydrogen-bond acceptors (Lipinski definition) is 28. The predicted octanol–water partition coefficient (Wildman–Crippen LogP) is -3.62. The lowest BCUT2D eigenvalue weighted by Crippen LogP contribution is -2.45. The summed E-state index contributed by atoms with van der Waals surface area (Å²) in [6.45, 7) is -7.55. The van der Waals surface area contributed by atoms with Crippen molar-refractivity contribution in [1.82, 2.24) is 53.6 Å². The number of nitrogens with two attached hydrogens (primary N) is 3. The van der Waals surface area contributed by atoms with Crippen molar-refractivity contribution in [3.8, 4) is 0 Å². The fourth-order valence-electron chi connectivity index (χ4n) is 8.98. The zero-order valence-corrected chi connectivity index (χ0v) is 43.6. The number of phosphoric ester groups is 2. The number of fused-ring (bicyclic) bond motifs is 3. The summed E-state index contributed by atoms with van der Waals surface area (Å²) in [4.78, 5) is 97.9. The number of H-pyrrole nitrogens is 2. The number of aromatic nitrogens is 12. The normalized spacial score (nSPS) is 30.2. The van der Waals surface area contributed by atoms with Crippen molar-refractivity contribution >= 4 is 93.0 Å². The van der Waals surface area contributed by atoms with Crippen LogP contribution in [0.25, 0.3) is 33.5 Å². The van der Waals surface area contributed by atoms with E-state index in [1.165, 1.54) is 47.6 Å². The molecular weight excluding hydrogens is 1130 g/mol. The smallest absolute Gasteiger partial charge is 0.387 e. The van der Waals surface area contributed by atoms with Crippen LogP contribution in [0.15, 0.2) is 34.9 Å². The first-order valence-corrected chi connectivity index (χ1v) is 29.1. The van der Waals surface area contributed by atoms with Crippen LogP contribution in [0.1, 0.15) is 18.7 Å². The Morgan fingerprint density at radius 1 is 0.724 bits per heavy atom. The number of ether oxygens (including phenoxy) is 5. The molecule has 0 aliphatic carbocycles. The van der Waals surface area contributed by atoms with E-state index >= 15 is 0 Å². The SMILES string of the molecule is COC[C@H]1[C@@H](O)[C@H]([n+]2cn(C)c3c(=O)[nH]c(N)nc32)O[C@@H]1COP(=O)(O)OP(=O)(O)OP(=O)(O)OC[C@H]1O[C@@H](n2cnc3c(N)ncnc32)[C@H](OC)[C@@H]1P(O)(=S)OC[C@H]1O[C@@H](n2cnc3c(=O)[nH]c(N)nc32)[C@H](O)[C@@H]1O. The zero-order chi connectivity index (χ0) is 55.0. The number of methoxy groups -OCH3 is 2. The maximum atomic E-state index is 13.4. The van der Waals surface area contributed by atoms with Crippen LogP contribution in [0, 0.1) is 5.92 Å². The number of nitrogens with zero attached hydrogens (tertiary/aromatic N) is 10. The van der Waals surface area contributed by atoms with Crippen LogP contribution in [0.2, 0.25) is 0 Å². The number of rotatable bonds is 20. The third kappa shape index (κ3) is 10.9. The number of nitrogens with one attached hydrogen (secondary N) is 2. The highest BCUT2D eigenvalue weighted by Gasteiger charge is 2.56. The largest absolute Gasteiger partial charge is 0.490 e. The molecule has 42 heteroatoms. The summed E-state index contributed by atoms with van der Waals surface area (Å²) >= 11 is 5.62. The van der Waals surface area contributed by atoms with Gasteiger partial charge in [0.15, 0.2) is 47.9 Å². The monoisotopic (exact) mass is 1170 g/mol. The average molecular weight is 1170 g/mol. The maximum Gasteiger partial charge on any atom is 0.490 e. The van der Waals surface area contributed by atoms with E-state index in [1.807, 2.05) is 0 Å². The standard InChI is InChI=1S/C34H47N15O22P4S/c1-46-11-49(27-18(46)29(54)45-34(37)43-27)30-19(50)12(4-62-2)13(67-30)5-65-73(56,57)70-75(60,61)71-74(58,59)66-7-15-23(22(63-3)32(69-15)47-9-40-16-24(35)38-8-39-25(16)47)72(55,76)64-6-14-20(51)21(52)31(68-14)48-10-41-17-26(48)42-33(36)44-28(17)53/h8-15,19-23,30-32,50-52H,4-7H2,1-3H3,(H11-,35,36,37,38,39,42,43,44,45,53,54,55,56,57,58,59,60,61,76)/p+1/t12-,13-,14-,15-,19-,20-,21-,22-,23-,30-,31-,32-,72?/m1/s1. The molecule has 37 nitrogen and oxygen atoms in total. The molecule has 0 aromatic carbocycles. The fraction of sp³-hybridized carbons (Fsp3) is 0.559. The van der Waals surface area contributed by atoms with E-state index in [0.29, 0.717) is 0 Å². The minimum Gasteiger partial charge on any atom is -0.387 e. The topological polar surface area (TPSA) is 525 Å². The molecule has 3 fully saturated rings. The van der Waals surface area contributed by atoms with E-state index in [-0.39, 0.29) is 57.8 Å². The summed E-state index contributed by atoms with van der Waals surface area (Å²) < 4.78 is 98.1. The summed E-state index contributed by atoms with van der Waals surface area (Å²) in [6.07, 6.45) is -10.1. The van der Waals surface area contributed by atoms with Gasteiger partial charge in [0.1, 0.15) is 42.4 Å². The second-order valence-electron chi connectivity index (χ2n) is 17.1. The molecule has 9 rings (SSSR count). The van der Waals surface area contributed by atoms with Crippen molar-refractivity contribution in [2.75, 3.05) is 57.8 Å². The molecule has 3 aliphatic rings. The molecule has 0 saturated carbocycles. The van der Waals surface area contributed by atoms with Crippen molar-refractivity contribution < 1.29 is 99.0 Å². The predicted molar refractivity (Wildman–Crippen MR) is 254 cm³/mol. The Kier molecular flexibility index (Phi) is 15.6. The fourth-order valence-corrected chi connectivity index (χ4v) is 15.2. The number of phosphoric acid groups is 3. The molecule has 4 unspecified atom stereocenters. The van der Waals surface area contributed by atoms with Gasteiger partial charge in [-0.2, -0.15) is 13.6 Å². The van der Waals surface area contributed by atoms with Crippen LogP contribution in [0.3, 0.4) is 0 Å². The number of nitrogen functional groups attached to an aromatic ring is 3. The van der Waals surface area contributed by atoms with E-state index in [0.717, 1.165) is 17.2 Å². The molecule has 6 aromatic rings. The van der Waals surface area contributed by atoms with Crippen molar-refractivity contribution in [3.05, 3.63) is 46.0 Å². The van der Waals surface area contributed by atoms with E-state index in [4.69, 9.17) is 66.3 Å². The number of imidazole rings is 3. The third-order valence-corrected chi connectivity index (χ3v) is 19.5. The number of aliphatic hydroxyl groups excluding tert-OH is 3. The molecule has 0 spiro atoms. The molecule has 3 saturated heterocycles. The summed E-state index contributed by atoms with van der Waals surface area (Å²) in [5.41, 5.74) is 14.4. The summed E-state index contributed by atoms with van der Waals surface area (Å²) in [6, 6.07) is 0. The second-order valence-corrected chi connectivity index (χ2v) is 25.3. The van der Waals surface area contributed by atoms with Crippen molar-refractivity contribution in [1.29, 1.82) is 0 Å². The third-order valence-electron chi connectivity index (χ3n) is 12.3. The van der Waals surface area contributed by atoms with Crippen molar-refractivity contribution in [2.24, 2.45) is 13.0 Å². The Balaban J connectivity index is 0.888. The van der Waals surface area contributed by atoms with Crippen LogP contribution >= 0.6 is 30.0 Å². The van der Waals surface area contributed by atoms with Gasteiger partial charge in [-0.3, -0.25) is 42.3 Å². The molecule has 15 N–H and O–H groups in total. The molecule has 76 heavy (non-hydrogen) atoms. The lowest BCUT2D eigenvalue weighted by atomic mass is 9.99. The minimum absolute atomic E-state index is 0.00932. The molecular formula is C34H48N15O22P4S+. The molecule has 416 valence electrons. The van der Waals surface area contributed by atoms with Gasteiger partial charge in [-0.25, -0.2) is 38.2 Å². The van der Waals surface area contributed by atoms with Gasteiger partial charge in [0.2, 0.25) is 17.7 Å². The van der Waals surface area contributed by atoms with Crippen molar-refractivity contribution in [3.63, 3.8) is 0 Å². The molecule has 0 amide bonds. The first-order chi connectivity index (χ1) is 35.7. The Morgan fingerprint density at radius 3 is 2.00 bits per heavy atom. The molecule has 0 radical (unpaired) electrons. The van der Waals surface area contributed by atoms with E-state index in [1.54, 1.807) is 0 Å². The summed E-state index contributed by atoms with van der Waals surface area (Å²) in [5.74, 6) is -1.62. The van der Waals surface area contributed by atoms with E-state index < -0.39 is 134 Å². The zero-order valence-electron chi connectivity index (χ0n) is 39.2. The molecule has 6 aromatic heterocycles. The highest BCUT2D eigenvalue weighted by Crippen LogP contribution is 2.68. The maximum absolute atomic E-state index is 13.4. The van der Waals surface area contributed by atoms with Crippen LogP contribution in [0.5, 0.6) is 0 Å². The average Bonchev–Trinajstić information content (AvgIpc) is 4.21. The Bertz CT molecular complexity index is 3490. The molecule has 9 heterocycles. The number of aliphatic hydroxyl groups is 3. The van der Waals surface area contributed by atoms with E-state index in [2.05, 4.69) is 48.5 Å². The second kappa shape index (κ2) is 21.2. The number of anilines is 3. The van der Waals surface area contributed by atoms with Crippen LogP contribution in [-0.4, -0.2) is 178 Å². The summed E-state index contributed by atoms with van der Waals surface area (Å²) in [7, 11) is -13.9. The number of aryl methyl sites for hydroxylation is 1.